The molecule has 0 aliphatic heterocycles. The third kappa shape index (κ3) is 5.58. The molecule has 122 valence electrons. The number of ether oxygens (including phenoxy) is 1. The van der Waals surface area contributed by atoms with Crippen LogP contribution in [-0.4, -0.2) is 24.2 Å². The van der Waals surface area contributed by atoms with Crippen LogP contribution in [0.15, 0.2) is 48.5 Å². The molecule has 0 bridgehead atoms. The van der Waals surface area contributed by atoms with Crippen molar-refractivity contribution >= 4 is 23.2 Å². The van der Waals surface area contributed by atoms with Gasteiger partial charge in [-0.3, -0.25) is 4.79 Å². The molecule has 0 aliphatic carbocycles. The molecule has 0 saturated heterocycles. The molecule has 0 heterocycles. The van der Waals surface area contributed by atoms with Gasteiger partial charge < -0.3 is 15.2 Å². The van der Waals surface area contributed by atoms with Gasteiger partial charge in [0, 0.05) is 16.6 Å². The molecule has 1 unspecified atom stereocenters. The topological polar surface area (TPSA) is 58.6 Å². The lowest BCUT2D eigenvalue weighted by Gasteiger charge is -2.13. The van der Waals surface area contributed by atoms with Gasteiger partial charge in [-0.2, -0.15) is 0 Å². The molecule has 1 amide bonds. The third-order valence-corrected chi connectivity index (χ3v) is 3.60. The van der Waals surface area contributed by atoms with E-state index in [0.717, 1.165) is 5.56 Å². The Labute approximate surface area is 141 Å². The number of nitrogens with one attached hydrogen (secondary N) is 1. The van der Waals surface area contributed by atoms with Crippen LogP contribution in [0.5, 0.6) is 5.75 Å². The van der Waals surface area contributed by atoms with Gasteiger partial charge in [0.25, 0.3) is 0 Å². The van der Waals surface area contributed by atoms with Gasteiger partial charge in [-0.25, -0.2) is 0 Å². The lowest BCUT2D eigenvalue weighted by molar-refractivity contribution is -0.119. The zero-order chi connectivity index (χ0) is 16.7. The van der Waals surface area contributed by atoms with Crippen molar-refractivity contribution in [1.82, 2.24) is 0 Å². The maximum atomic E-state index is 12.3. The molecule has 0 aromatic heterocycles. The first-order chi connectivity index (χ1) is 11.1. The second kappa shape index (κ2) is 8.56. The minimum atomic E-state index is -0.168. The molecule has 23 heavy (non-hydrogen) atoms. The number of aliphatic hydroxyl groups is 1. The van der Waals surface area contributed by atoms with Crippen molar-refractivity contribution in [1.29, 1.82) is 0 Å². The molecule has 0 aliphatic rings. The predicted octanol–water partition coefficient (Wildman–Crippen LogP) is 3.53. The maximum Gasteiger partial charge on any atom is 0.227 e. The highest BCUT2D eigenvalue weighted by molar-refractivity contribution is 6.30. The number of anilines is 1. The summed E-state index contributed by atoms with van der Waals surface area (Å²) >= 11 is 5.96. The fourth-order valence-corrected chi connectivity index (χ4v) is 2.39. The summed E-state index contributed by atoms with van der Waals surface area (Å²) in [7, 11) is 0. The number of hydrogen-bond donors (Lipinski definition) is 2. The Morgan fingerprint density at radius 3 is 2.65 bits per heavy atom. The number of aliphatic hydroxyl groups excluding tert-OH is 1. The summed E-state index contributed by atoms with van der Waals surface area (Å²) in [5.74, 6) is 0.441. The Hall–Kier alpha value is -2.04. The number of benzene rings is 2. The molecule has 1 atom stereocenters. The summed E-state index contributed by atoms with van der Waals surface area (Å²) in [5.41, 5.74) is 1.75. The van der Waals surface area contributed by atoms with E-state index < -0.39 is 0 Å². The van der Waals surface area contributed by atoms with E-state index >= 15 is 0 Å². The van der Waals surface area contributed by atoms with Gasteiger partial charge in [0.15, 0.2) is 0 Å². The molecular formula is C18H20ClNO3. The predicted molar refractivity (Wildman–Crippen MR) is 92.0 cm³/mol. The number of rotatable bonds is 7. The van der Waals surface area contributed by atoms with E-state index in [1.807, 2.05) is 31.2 Å². The summed E-state index contributed by atoms with van der Waals surface area (Å²) < 4.78 is 5.28. The number of amides is 1. The Bertz CT molecular complexity index is 643. The summed E-state index contributed by atoms with van der Waals surface area (Å²) in [5, 5.41) is 12.3. The Kier molecular flexibility index (Phi) is 6.44. The fourth-order valence-electron chi connectivity index (χ4n) is 2.17. The first-order valence-corrected chi connectivity index (χ1v) is 7.85. The van der Waals surface area contributed by atoms with Crippen molar-refractivity contribution < 1.29 is 14.6 Å². The SMILES string of the molecule is CC(Cc1cccc(Cl)c1)C(=O)Nc1ccc(OCCO)cc1. The number of carbonyl (C=O) groups excluding carboxylic acids is 1. The lowest BCUT2D eigenvalue weighted by Crippen LogP contribution is -2.22. The van der Waals surface area contributed by atoms with Crippen LogP contribution in [0.3, 0.4) is 0 Å². The van der Waals surface area contributed by atoms with Gasteiger partial charge >= 0.3 is 0 Å². The first kappa shape index (κ1) is 17.3. The minimum absolute atomic E-state index is 0.0283. The summed E-state index contributed by atoms with van der Waals surface area (Å²) in [6, 6.07) is 14.6. The number of hydrogen-bond acceptors (Lipinski definition) is 3. The fraction of sp³-hybridized carbons (Fsp3) is 0.278. The Morgan fingerprint density at radius 1 is 1.26 bits per heavy atom. The van der Waals surface area contributed by atoms with Crippen LogP contribution in [-0.2, 0) is 11.2 Å². The van der Waals surface area contributed by atoms with Crippen molar-refractivity contribution in [3.05, 3.63) is 59.1 Å². The molecular weight excluding hydrogens is 314 g/mol. The lowest BCUT2D eigenvalue weighted by atomic mass is 10.0. The monoisotopic (exact) mass is 333 g/mol. The Morgan fingerprint density at radius 2 is 2.00 bits per heavy atom. The Balaban J connectivity index is 1.90. The molecule has 0 fully saturated rings. The summed E-state index contributed by atoms with van der Waals surface area (Å²) in [4.78, 5) is 12.3. The zero-order valence-electron chi connectivity index (χ0n) is 13.0. The largest absolute Gasteiger partial charge is 0.491 e. The second-order valence-corrected chi connectivity index (χ2v) is 5.76. The first-order valence-electron chi connectivity index (χ1n) is 7.47. The highest BCUT2D eigenvalue weighted by Crippen LogP contribution is 2.18. The van der Waals surface area contributed by atoms with E-state index in [1.165, 1.54) is 0 Å². The van der Waals surface area contributed by atoms with Crippen LogP contribution in [0.4, 0.5) is 5.69 Å². The van der Waals surface area contributed by atoms with Crippen LogP contribution in [0.25, 0.3) is 0 Å². The van der Waals surface area contributed by atoms with Crippen LogP contribution in [0.2, 0.25) is 5.02 Å². The highest BCUT2D eigenvalue weighted by atomic mass is 35.5. The van der Waals surface area contributed by atoms with Gasteiger partial charge in [-0.05, 0) is 48.4 Å². The van der Waals surface area contributed by atoms with Crippen molar-refractivity contribution in [3.63, 3.8) is 0 Å². The average Bonchev–Trinajstić information content (AvgIpc) is 2.54. The van der Waals surface area contributed by atoms with Gasteiger partial charge in [-0.1, -0.05) is 30.7 Å². The highest BCUT2D eigenvalue weighted by Gasteiger charge is 2.14. The van der Waals surface area contributed by atoms with Crippen LogP contribution >= 0.6 is 11.6 Å². The molecule has 5 heteroatoms. The van der Waals surface area contributed by atoms with E-state index in [4.69, 9.17) is 21.4 Å². The smallest absolute Gasteiger partial charge is 0.227 e. The standard InChI is InChI=1S/C18H20ClNO3/c1-13(11-14-3-2-4-15(19)12-14)18(22)20-16-5-7-17(8-6-16)23-10-9-21/h2-8,12-13,21H,9-11H2,1H3,(H,20,22). The van der Waals surface area contributed by atoms with Gasteiger partial charge in [0.05, 0.1) is 6.61 Å². The van der Waals surface area contributed by atoms with Gasteiger partial charge in [-0.15, -0.1) is 0 Å². The summed E-state index contributed by atoms with van der Waals surface area (Å²) in [6.45, 7) is 2.11. The molecule has 0 saturated carbocycles. The molecule has 0 radical (unpaired) electrons. The van der Waals surface area contributed by atoms with Crippen LogP contribution in [0.1, 0.15) is 12.5 Å². The van der Waals surface area contributed by atoms with E-state index in [9.17, 15) is 4.79 Å². The normalized spacial score (nSPS) is 11.8. The molecule has 0 spiro atoms. The molecule has 2 aromatic carbocycles. The zero-order valence-corrected chi connectivity index (χ0v) is 13.7. The van der Waals surface area contributed by atoms with Gasteiger partial charge in [0.1, 0.15) is 12.4 Å². The van der Waals surface area contributed by atoms with Crippen molar-refractivity contribution in [2.45, 2.75) is 13.3 Å². The molecule has 2 N–H and O–H groups in total. The number of halogens is 1. The minimum Gasteiger partial charge on any atom is -0.491 e. The third-order valence-electron chi connectivity index (χ3n) is 3.36. The van der Waals surface area contributed by atoms with E-state index in [0.29, 0.717) is 22.9 Å². The van der Waals surface area contributed by atoms with Crippen LogP contribution < -0.4 is 10.1 Å². The molecule has 2 rings (SSSR count). The van der Waals surface area contributed by atoms with Crippen molar-refractivity contribution in [3.8, 4) is 5.75 Å². The second-order valence-electron chi connectivity index (χ2n) is 5.32. The van der Waals surface area contributed by atoms with Crippen molar-refractivity contribution in [2.24, 2.45) is 5.92 Å². The number of carbonyl (C=O) groups is 1. The molecule has 4 nitrogen and oxygen atoms in total. The summed E-state index contributed by atoms with van der Waals surface area (Å²) in [6.07, 6.45) is 0.629. The van der Waals surface area contributed by atoms with E-state index in [-0.39, 0.29) is 25.0 Å². The van der Waals surface area contributed by atoms with Crippen molar-refractivity contribution in [2.75, 3.05) is 18.5 Å². The van der Waals surface area contributed by atoms with Gasteiger partial charge in [0.2, 0.25) is 5.91 Å². The average molecular weight is 334 g/mol. The van der Waals surface area contributed by atoms with E-state index in [2.05, 4.69) is 5.32 Å². The van der Waals surface area contributed by atoms with E-state index in [1.54, 1.807) is 24.3 Å². The quantitative estimate of drug-likeness (QED) is 0.815. The maximum absolute atomic E-state index is 12.3. The van der Waals surface area contributed by atoms with Crippen LogP contribution in [0, 0.1) is 5.92 Å². The molecule has 2 aromatic rings.